The fraction of sp³-hybridized carbons (Fsp3) is 0.150. The van der Waals surface area contributed by atoms with Crippen LogP contribution in [0.4, 0.5) is 0 Å². The smallest absolute Gasteiger partial charge is 0.338 e. The third-order valence-electron chi connectivity index (χ3n) is 3.89. The van der Waals surface area contributed by atoms with E-state index in [1.165, 1.54) is 0 Å². The molecule has 1 unspecified atom stereocenters. The molecular weight excluding hydrogens is 324 g/mol. The first kappa shape index (κ1) is 16.5. The number of ether oxygens (including phenoxy) is 1. The summed E-state index contributed by atoms with van der Waals surface area (Å²) < 4.78 is 5.10. The van der Waals surface area contributed by atoms with Crippen molar-refractivity contribution in [3.05, 3.63) is 82.4 Å². The van der Waals surface area contributed by atoms with Crippen LogP contribution in [0.2, 0.25) is 5.02 Å². The van der Waals surface area contributed by atoms with Gasteiger partial charge in [-0.1, -0.05) is 48.0 Å². The number of hydrogen-bond donors (Lipinski definition) is 1. The van der Waals surface area contributed by atoms with Crippen molar-refractivity contribution in [3.63, 3.8) is 0 Å². The summed E-state index contributed by atoms with van der Waals surface area (Å²) in [7, 11) is 0. The predicted octanol–water partition coefficient (Wildman–Crippen LogP) is 4.75. The van der Waals surface area contributed by atoms with Crippen molar-refractivity contribution in [2.75, 3.05) is 6.61 Å². The van der Waals surface area contributed by atoms with Gasteiger partial charge in [-0.25, -0.2) is 4.79 Å². The second-order valence-electron chi connectivity index (χ2n) is 5.46. The van der Waals surface area contributed by atoms with Gasteiger partial charge in [-0.3, -0.25) is 0 Å². The molecule has 0 radical (unpaired) electrons. The van der Waals surface area contributed by atoms with Gasteiger partial charge in [0.25, 0.3) is 0 Å². The average Bonchev–Trinajstić information content (AvgIpc) is 2.61. The molecule has 4 heteroatoms. The molecule has 24 heavy (non-hydrogen) atoms. The summed E-state index contributed by atoms with van der Waals surface area (Å²) in [6.45, 7) is 2.07. The van der Waals surface area contributed by atoms with Crippen molar-refractivity contribution in [3.8, 4) is 0 Å². The predicted molar refractivity (Wildman–Crippen MR) is 95.4 cm³/mol. The Bertz CT molecular complexity index is 872. The molecule has 0 bridgehead atoms. The van der Waals surface area contributed by atoms with E-state index in [9.17, 15) is 9.90 Å². The molecule has 122 valence electrons. The Labute approximate surface area is 145 Å². The second-order valence-corrected chi connectivity index (χ2v) is 5.90. The van der Waals surface area contributed by atoms with Crippen LogP contribution in [0.15, 0.2) is 60.7 Å². The molecule has 0 aliphatic rings. The van der Waals surface area contributed by atoms with E-state index in [4.69, 9.17) is 16.3 Å². The summed E-state index contributed by atoms with van der Waals surface area (Å²) in [5, 5.41) is 13.2. The SMILES string of the molecule is CCOC(=O)c1cc(C(O)c2ccc(Cl)cc2)c2ccccc2c1. The molecule has 3 nitrogen and oxygen atoms in total. The Morgan fingerprint density at radius 2 is 1.83 bits per heavy atom. The number of benzene rings is 3. The fourth-order valence-electron chi connectivity index (χ4n) is 2.72. The lowest BCUT2D eigenvalue weighted by atomic mass is 9.93. The molecule has 0 aromatic heterocycles. The van der Waals surface area contributed by atoms with Gasteiger partial charge in [0.1, 0.15) is 6.10 Å². The normalized spacial score (nSPS) is 12.1. The second kappa shape index (κ2) is 7.04. The van der Waals surface area contributed by atoms with E-state index in [1.807, 2.05) is 24.3 Å². The Kier molecular flexibility index (Phi) is 4.84. The highest BCUT2D eigenvalue weighted by molar-refractivity contribution is 6.30. The van der Waals surface area contributed by atoms with Crippen LogP contribution in [-0.2, 0) is 4.74 Å². The summed E-state index contributed by atoms with van der Waals surface area (Å²) in [6.07, 6.45) is -0.860. The van der Waals surface area contributed by atoms with Crippen LogP contribution in [-0.4, -0.2) is 17.7 Å². The minimum Gasteiger partial charge on any atom is -0.462 e. The molecule has 1 atom stereocenters. The molecule has 0 aliphatic carbocycles. The number of carbonyl (C=O) groups is 1. The Morgan fingerprint density at radius 1 is 1.12 bits per heavy atom. The molecular formula is C20H17ClO3. The number of aliphatic hydroxyl groups excluding tert-OH is 1. The van der Waals surface area contributed by atoms with Crippen LogP contribution in [0.5, 0.6) is 0 Å². The van der Waals surface area contributed by atoms with Gasteiger partial charge in [-0.05, 0) is 53.1 Å². The number of hydrogen-bond acceptors (Lipinski definition) is 3. The largest absolute Gasteiger partial charge is 0.462 e. The maximum absolute atomic E-state index is 12.1. The van der Waals surface area contributed by atoms with Crippen LogP contribution in [0.1, 0.15) is 34.5 Å². The Morgan fingerprint density at radius 3 is 2.54 bits per heavy atom. The van der Waals surface area contributed by atoms with Crippen molar-refractivity contribution in [1.82, 2.24) is 0 Å². The van der Waals surface area contributed by atoms with E-state index in [0.29, 0.717) is 28.3 Å². The van der Waals surface area contributed by atoms with Crippen LogP contribution in [0, 0.1) is 0 Å². The molecule has 0 saturated heterocycles. The van der Waals surface area contributed by atoms with Gasteiger partial charge in [-0.15, -0.1) is 0 Å². The third kappa shape index (κ3) is 3.28. The third-order valence-corrected chi connectivity index (χ3v) is 4.14. The molecule has 3 aromatic rings. The van der Waals surface area contributed by atoms with Gasteiger partial charge >= 0.3 is 5.97 Å². The summed E-state index contributed by atoms with van der Waals surface area (Å²) in [5.41, 5.74) is 1.81. The van der Waals surface area contributed by atoms with E-state index < -0.39 is 12.1 Å². The van der Waals surface area contributed by atoms with Gasteiger partial charge in [0.2, 0.25) is 0 Å². The molecule has 3 rings (SSSR count). The van der Waals surface area contributed by atoms with Crippen LogP contribution >= 0.6 is 11.6 Å². The van der Waals surface area contributed by atoms with Crippen LogP contribution in [0.25, 0.3) is 10.8 Å². The molecule has 3 aromatic carbocycles. The first-order valence-electron chi connectivity index (χ1n) is 7.73. The van der Waals surface area contributed by atoms with E-state index in [1.54, 1.807) is 43.3 Å². The highest BCUT2D eigenvalue weighted by Crippen LogP contribution is 2.31. The summed E-state index contributed by atoms with van der Waals surface area (Å²) >= 11 is 5.92. The maximum atomic E-state index is 12.1. The number of rotatable bonds is 4. The number of fused-ring (bicyclic) bond motifs is 1. The molecule has 0 aliphatic heterocycles. The fourth-order valence-corrected chi connectivity index (χ4v) is 2.85. The summed E-state index contributed by atoms with van der Waals surface area (Å²) in [4.78, 5) is 12.1. The van der Waals surface area contributed by atoms with Gasteiger partial charge in [0.05, 0.1) is 12.2 Å². The minimum atomic E-state index is -0.860. The minimum absolute atomic E-state index is 0.306. The van der Waals surface area contributed by atoms with E-state index in [-0.39, 0.29) is 0 Å². The molecule has 0 fully saturated rings. The molecule has 1 N–H and O–H groups in total. The zero-order valence-electron chi connectivity index (χ0n) is 13.2. The molecule has 0 saturated carbocycles. The lowest BCUT2D eigenvalue weighted by molar-refractivity contribution is 0.0526. The Hall–Kier alpha value is -2.36. The number of esters is 1. The zero-order valence-corrected chi connectivity index (χ0v) is 14.0. The molecule has 0 heterocycles. The first-order chi connectivity index (χ1) is 11.6. The van der Waals surface area contributed by atoms with Gasteiger partial charge in [0.15, 0.2) is 0 Å². The van der Waals surface area contributed by atoms with Crippen LogP contribution in [0.3, 0.4) is 0 Å². The average molecular weight is 341 g/mol. The van der Waals surface area contributed by atoms with Crippen molar-refractivity contribution in [2.24, 2.45) is 0 Å². The monoisotopic (exact) mass is 340 g/mol. The van der Waals surface area contributed by atoms with Gasteiger partial charge in [-0.2, -0.15) is 0 Å². The van der Waals surface area contributed by atoms with Crippen molar-refractivity contribution >= 4 is 28.3 Å². The highest BCUT2D eigenvalue weighted by atomic mass is 35.5. The first-order valence-corrected chi connectivity index (χ1v) is 8.11. The number of halogens is 1. The van der Waals surface area contributed by atoms with E-state index in [0.717, 1.165) is 10.8 Å². The quantitative estimate of drug-likeness (QED) is 0.697. The molecule has 0 amide bonds. The van der Waals surface area contributed by atoms with E-state index >= 15 is 0 Å². The molecule has 0 spiro atoms. The van der Waals surface area contributed by atoms with Crippen LogP contribution < -0.4 is 0 Å². The number of aliphatic hydroxyl groups is 1. The van der Waals surface area contributed by atoms with E-state index in [2.05, 4.69) is 0 Å². The zero-order chi connectivity index (χ0) is 17.1. The summed E-state index contributed by atoms with van der Waals surface area (Å²) in [5.74, 6) is -0.396. The lowest BCUT2D eigenvalue weighted by Crippen LogP contribution is -2.07. The van der Waals surface area contributed by atoms with Gasteiger partial charge in [0, 0.05) is 5.02 Å². The Balaban J connectivity index is 2.14. The van der Waals surface area contributed by atoms with Gasteiger partial charge < -0.3 is 9.84 Å². The van der Waals surface area contributed by atoms with Crippen molar-refractivity contribution in [1.29, 1.82) is 0 Å². The van der Waals surface area contributed by atoms with Crippen molar-refractivity contribution < 1.29 is 14.6 Å². The summed E-state index contributed by atoms with van der Waals surface area (Å²) in [6, 6.07) is 18.1. The standard InChI is InChI=1S/C20H17ClO3/c1-2-24-20(23)15-11-14-5-3-4-6-17(14)18(12-15)19(22)13-7-9-16(21)10-8-13/h3-12,19,22H,2H2,1H3. The van der Waals surface area contributed by atoms with Crippen molar-refractivity contribution in [2.45, 2.75) is 13.0 Å². The topological polar surface area (TPSA) is 46.5 Å². The maximum Gasteiger partial charge on any atom is 0.338 e. The lowest BCUT2D eigenvalue weighted by Gasteiger charge is -2.16. The highest BCUT2D eigenvalue weighted by Gasteiger charge is 2.17. The number of carbonyl (C=O) groups excluding carboxylic acids is 1.